The van der Waals surface area contributed by atoms with Crippen LogP contribution in [0.4, 0.5) is 0 Å². The van der Waals surface area contributed by atoms with Gasteiger partial charge in [0.2, 0.25) is 0 Å². The second-order valence-electron chi connectivity index (χ2n) is 4.70. The van der Waals surface area contributed by atoms with Crippen molar-refractivity contribution in [2.75, 3.05) is 0 Å². The third-order valence-electron chi connectivity index (χ3n) is 3.39. The van der Waals surface area contributed by atoms with Crippen molar-refractivity contribution in [2.45, 2.75) is 72.6 Å². The molecule has 1 nitrogen and oxygen atoms in total. The van der Waals surface area contributed by atoms with Crippen molar-refractivity contribution in [3.63, 3.8) is 0 Å². The first-order chi connectivity index (χ1) is 7.24. The molecule has 0 N–H and O–H groups in total. The van der Waals surface area contributed by atoms with E-state index >= 15 is 0 Å². The number of unbranched alkanes of at least 4 members (excludes halogenated alkanes) is 3. The SMILES string of the molecule is CCC[CH2][Sn]([CH2]CCC)([CH2]CCC)[O][SiH3]. The summed E-state index contributed by atoms with van der Waals surface area (Å²) >= 11 is -2.05. The van der Waals surface area contributed by atoms with Gasteiger partial charge in [-0.25, -0.2) is 0 Å². The van der Waals surface area contributed by atoms with Crippen LogP contribution < -0.4 is 0 Å². The fraction of sp³-hybridized carbons (Fsp3) is 1.00. The molecule has 0 aromatic carbocycles. The predicted molar refractivity (Wildman–Crippen MR) is 75.9 cm³/mol. The zero-order chi connectivity index (χ0) is 11.6. The molecule has 92 valence electrons. The van der Waals surface area contributed by atoms with E-state index in [2.05, 4.69) is 20.8 Å². The standard InChI is InChI=1S/3C4H9.H3OSi.Sn/c3*1-3-4-2;1-2;/h3*1,3-4H2,2H3;2H3;/q;;;-1;+1. The van der Waals surface area contributed by atoms with Gasteiger partial charge in [0, 0.05) is 0 Å². The Morgan fingerprint density at radius 1 is 0.800 bits per heavy atom. The van der Waals surface area contributed by atoms with E-state index in [1.807, 2.05) is 0 Å². The Bertz CT molecular complexity index is 120. The van der Waals surface area contributed by atoms with Crippen LogP contribution in [0.1, 0.15) is 59.3 Å². The third kappa shape index (κ3) is 7.00. The Labute approximate surface area is 104 Å². The Morgan fingerprint density at radius 3 is 1.33 bits per heavy atom. The first-order valence-electron chi connectivity index (χ1n) is 6.79. The van der Waals surface area contributed by atoms with Crippen LogP contribution >= 0.6 is 0 Å². The van der Waals surface area contributed by atoms with Gasteiger partial charge >= 0.3 is 105 Å². The summed E-state index contributed by atoms with van der Waals surface area (Å²) in [6.45, 7) is 6.93. The van der Waals surface area contributed by atoms with Crippen LogP contribution in [0.5, 0.6) is 0 Å². The molecule has 0 heterocycles. The molecule has 0 aliphatic heterocycles. The number of hydrogen-bond donors (Lipinski definition) is 0. The number of hydrogen-bond acceptors (Lipinski definition) is 1. The van der Waals surface area contributed by atoms with E-state index in [1.54, 1.807) is 0 Å². The third-order valence-corrected chi connectivity index (χ3v) is 22.5. The van der Waals surface area contributed by atoms with Crippen LogP contribution in [0.15, 0.2) is 0 Å². The molecule has 0 fully saturated rings. The van der Waals surface area contributed by atoms with Gasteiger partial charge in [0.1, 0.15) is 0 Å². The second-order valence-corrected chi connectivity index (χ2v) is 19.6. The first-order valence-corrected chi connectivity index (χ1v) is 14.8. The molecule has 0 aliphatic rings. The van der Waals surface area contributed by atoms with Crippen LogP contribution in [0.3, 0.4) is 0 Å². The van der Waals surface area contributed by atoms with Gasteiger partial charge in [-0.2, -0.15) is 0 Å². The fourth-order valence-corrected chi connectivity index (χ4v) is 18.7. The van der Waals surface area contributed by atoms with E-state index in [9.17, 15) is 0 Å². The minimum absolute atomic E-state index is 0.990. The van der Waals surface area contributed by atoms with E-state index in [4.69, 9.17) is 2.76 Å². The Kier molecular flexibility index (Phi) is 10.8. The molecule has 0 aromatic rings. The molecule has 0 aliphatic carbocycles. The maximum absolute atomic E-state index is 6.19. The Hall–Kier alpha value is 0.976. The Balaban J connectivity index is 4.16. The van der Waals surface area contributed by atoms with Crippen molar-refractivity contribution in [1.29, 1.82) is 0 Å². The quantitative estimate of drug-likeness (QED) is 0.553. The molecule has 0 aromatic heterocycles. The maximum atomic E-state index is 6.19. The van der Waals surface area contributed by atoms with Crippen LogP contribution in [0.25, 0.3) is 0 Å². The molecule has 0 bridgehead atoms. The van der Waals surface area contributed by atoms with E-state index in [1.165, 1.54) is 51.8 Å². The molecule has 0 radical (unpaired) electrons. The second kappa shape index (κ2) is 10.2. The zero-order valence-electron chi connectivity index (χ0n) is 11.3. The zero-order valence-corrected chi connectivity index (χ0v) is 16.1. The molecule has 0 saturated heterocycles. The molecule has 0 spiro atoms. The molecular weight excluding hydrogens is 307 g/mol. The van der Waals surface area contributed by atoms with Gasteiger partial charge in [0.05, 0.1) is 0 Å². The van der Waals surface area contributed by atoms with E-state index in [-0.39, 0.29) is 0 Å². The average molecular weight is 337 g/mol. The van der Waals surface area contributed by atoms with Crippen molar-refractivity contribution in [1.82, 2.24) is 0 Å². The van der Waals surface area contributed by atoms with Gasteiger partial charge in [-0.3, -0.25) is 0 Å². The van der Waals surface area contributed by atoms with E-state index in [0.29, 0.717) is 0 Å². The van der Waals surface area contributed by atoms with E-state index in [0.717, 1.165) is 10.5 Å². The van der Waals surface area contributed by atoms with E-state index < -0.39 is 18.8 Å². The summed E-state index contributed by atoms with van der Waals surface area (Å²) in [5.41, 5.74) is 0. The summed E-state index contributed by atoms with van der Waals surface area (Å²) in [5, 5.41) is 0. The topological polar surface area (TPSA) is 9.23 Å². The molecule has 3 heteroatoms. The molecule has 0 amide bonds. The van der Waals surface area contributed by atoms with Crippen molar-refractivity contribution in [2.24, 2.45) is 0 Å². The molecule has 0 rings (SSSR count). The first kappa shape index (κ1) is 16.0. The minimum atomic E-state index is -2.05. The predicted octanol–water partition coefficient (Wildman–Crippen LogP) is 3.63. The molecule has 0 saturated carbocycles. The monoisotopic (exact) mass is 338 g/mol. The van der Waals surface area contributed by atoms with Crippen molar-refractivity contribution in [3.8, 4) is 0 Å². The summed E-state index contributed by atoms with van der Waals surface area (Å²) in [6.07, 6.45) is 8.31. The van der Waals surface area contributed by atoms with Gasteiger partial charge in [-0.1, -0.05) is 0 Å². The van der Waals surface area contributed by atoms with Gasteiger partial charge < -0.3 is 0 Å². The summed E-state index contributed by atoms with van der Waals surface area (Å²) < 4.78 is 10.7. The summed E-state index contributed by atoms with van der Waals surface area (Å²) in [4.78, 5) is 0. The average Bonchev–Trinajstić information content (AvgIpc) is 2.29. The van der Waals surface area contributed by atoms with Gasteiger partial charge in [-0.15, -0.1) is 0 Å². The normalized spacial score (nSPS) is 12.2. The molecule has 15 heavy (non-hydrogen) atoms. The van der Waals surface area contributed by atoms with Crippen molar-refractivity contribution < 1.29 is 2.76 Å². The van der Waals surface area contributed by atoms with Gasteiger partial charge in [0.25, 0.3) is 0 Å². The van der Waals surface area contributed by atoms with Crippen molar-refractivity contribution >= 4 is 29.3 Å². The van der Waals surface area contributed by atoms with Crippen LogP contribution in [0.2, 0.25) is 13.3 Å². The summed E-state index contributed by atoms with van der Waals surface area (Å²) in [6, 6.07) is 0. The molecular formula is C12H30OSiSn. The fourth-order valence-electron chi connectivity index (χ4n) is 2.18. The number of rotatable bonds is 10. The summed E-state index contributed by atoms with van der Waals surface area (Å²) in [7, 11) is 0.990. The van der Waals surface area contributed by atoms with Crippen LogP contribution in [-0.4, -0.2) is 29.3 Å². The van der Waals surface area contributed by atoms with Crippen LogP contribution in [-0.2, 0) is 2.76 Å². The molecule has 0 unspecified atom stereocenters. The van der Waals surface area contributed by atoms with Gasteiger partial charge in [0.15, 0.2) is 0 Å². The Morgan fingerprint density at radius 2 is 1.13 bits per heavy atom. The van der Waals surface area contributed by atoms with Gasteiger partial charge in [-0.05, 0) is 0 Å². The van der Waals surface area contributed by atoms with Crippen LogP contribution in [0, 0.1) is 0 Å². The summed E-state index contributed by atoms with van der Waals surface area (Å²) in [5.74, 6) is 0. The van der Waals surface area contributed by atoms with Crippen molar-refractivity contribution in [3.05, 3.63) is 0 Å². The molecule has 0 atom stereocenters.